The summed E-state index contributed by atoms with van der Waals surface area (Å²) in [7, 11) is 0. The fourth-order valence-corrected chi connectivity index (χ4v) is 5.41. The summed E-state index contributed by atoms with van der Waals surface area (Å²) in [6.07, 6.45) is -21.6. The molecule has 0 fully saturated rings. The molecule has 0 aliphatic rings. The zero-order chi connectivity index (χ0) is 48.6. The van der Waals surface area contributed by atoms with Gasteiger partial charge in [0.25, 0.3) is 0 Å². The first-order valence-corrected chi connectivity index (χ1v) is 17.4. The third-order valence-corrected chi connectivity index (χ3v) is 8.55. The van der Waals surface area contributed by atoms with Crippen molar-refractivity contribution in [3.8, 4) is 45.3 Å². The SMILES string of the molecule is C=C(C)C(=O)Oc1cc(-c2cc(OC(=O)C(=C)C(F)(F)F)c(-c3cc(F)c(C(F)(F)F)c(F)c3)cc2OC(=O)C(=C)C(F)(F)F)cc2c(OC(=O)C(=C)C(F)(F)F)cc(CCC)cc12. The Morgan fingerprint density at radius 1 is 0.500 bits per heavy atom. The van der Waals surface area contributed by atoms with Crippen LogP contribution in [0, 0.1) is 11.6 Å². The summed E-state index contributed by atoms with van der Waals surface area (Å²) in [5, 5.41) is -0.726. The van der Waals surface area contributed by atoms with E-state index >= 15 is 0 Å². The van der Waals surface area contributed by atoms with Crippen molar-refractivity contribution in [3.05, 3.63) is 120 Å². The lowest BCUT2D eigenvalue weighted by molar-refractivity contribution is -0.144. The second-order valence-electron chi connectivity index (χ2n) is 13.3. The molecule has 4 rings (SSSR count). The van der Waals surface area contributed by atoms with Crippen LogP contribution in [0.2, 0.25) is 0 Å². The topological polar surface area (TPSA) is 105 Å². The third kappa shape index (κ3) is 11.1. The lowest BCUT2D eigenvalue weighted by Crippen LogP contribution is -2.24. The number of hydrogen-bond donors (Lipinski definition) is 0. The number of benzene rings is 4. The van der Waals surface area contributed by atoms with Crippen LogP contribution in [-0.2, 0) is 31.8 Å². The number of fused-ring (bicyclic) bond motifs is 1. The summed E-state index contributed by atoms with van der Waals surface area (Å²) in [5.41, 5.74) is -12.9. The Morgan fingerprint density at radius 2 is 0.859 bits per heavy atom. The highest BCUT2D eigenvalue weighted by atomic mass is 19.4. The van der Waals surface area contributed by atoms with Crippen LogP contribution < -0.4 is 18.9 Å². The summed E-state index contributed by atoms with van der Waals surface area (Å²) in [4.78, 5) is 51.3. The highest BCUT2D eigenvalue weighted by molar-refractivity contribution is 6.03. The molecule has 0 bridgehead atoms. The van der Waals surface area contributed by atoms with Crippen molar-refractivity contribution in [1.82, 2.24) is 0 Å². The van der Waals surface area contributed by atoms with Crippen molar-refractivity contribution < 1.29 is 99.6 Å². The van der Waals surface area contributed by atoms with Gasteiger partial charge in [0.15, 0.2) is 0 Å². The molecule has 64 heavy (non-hydrogen) atoms. The van der Waals surface area contributed by atoms with Gasteiger partial charge in [0.2, 0.25) is 0 Å². The molecule has 0 aliphatic heterocycles. The van der Waals surface area contributed by atoms with Gasteiger partial charge in [0, 0.05) is 27.5 Å². The summed E-state index contributed by atoms with van der Waals surface area (Å²) in [5.74, 6) is -16.6. The highest BCUT2D eigenvalue weighted by Crippen LogP contribution is 2.47. The van der Waals surface area contributed by atoms with Gasteiger partial charge in [-0.05, 0) is 78.6 Å². The van der Waals surface area contributed by atoms with Crippen molar-refractivity contribution in [2.24, 2.45) is 0 Å². The standard InChI is InChI=1S/C42H26F14O8/c1-7-8-21-9-26-27(30(10-21)62-36(58)18(4)39(45,46)47)11-22(14-31(26)61-35(57)17(2)3)24-15-33(64-38(60)20(6)41(51,52)53)25(16-32(24)63-37(59)19(5)40(48,49)50)23-12-28(43)34(29(44)13-23)42(54,55)56/h9-16H,2,4-8H2,1,3H3. The van der Waals surface area contributed by atoms with E-state index < -0.39 is 133 Å². The van der Waals surface area contributed by atoms with E-state index in [0.717, 1.165) is 25.1 Å². The molecule has 0 radical (unpaired) electrons. The molecule has 340 valence electrons. The summed E-state index contributed by atoms with van der Waals surface area (Å²) >= 11 is 0. The first-order chi connectivity index (χ1) is 29.3. The van der Waals surface area contributed by atoms with Crippen molar-refractivity contribution in [3.63, 3.8) is 0 Å². The molecule has 0 atom stereocenters. The Balaban J connectivity index is 2.24. The highest BCUT2D eigenvalue weighted by Gasteiger charge is 2.42. The first-order valence-electron chi connectivity index (χ1n) is 17.4. The Kier molecular flexibility index (Phi) is 14.0. The molecule has 0 unspecified atom stereocenters. The molecule has 0 amide bonds. The summed E-state index contributed by atoms with van der Waals surface area (Å²) in [6.45, 7) is 14.0. The Labute approximate surface area is 350 Å². The second kappa shape index (κ2) is 18.0. The minimum atomic E-state index is -5.69. The fourth-order valence-electron chi connectivity index (χ4n) is 5.41. The molecule has 0 heterocycles. The maximum absolute atomic E-state index is 14.9. The third-order valence-electron chi connectivity index (χ3n) is 8.55. The van der Waals surface area contributed by atoms with Crippen LogP contribution in [0.4, 0.5) is 61.5 Å². The Hall–Kier alpha value is -7.00. The number of halogens is 14. The molecular weight excluding hydrogens is 898 g/mol. The normalized spacial score (nSPS) is 12.1. The van der Waals surface area contributed by atoms with E-state index in [0.29, 0.717) is 18.6 Å². The van der Waals surface area contributed by atoms with E-state index in [1.54, 1.807) is 6.92 Å². The molecule has 0 spiro atoms. The van der Waals surface area contributed by atoms with Gasteiger partial charge in [-0.15, -0.1) is 0 Å². The maximum Gasteiger partial charge on any atom is 0.422 e. The monoisotopic (exact) mass is 924 g/mol. The van der Waals surface area contributed by atoms with Crippen molar-refractivity contribution in [2.75, 3.05) is 0 Å². The van der Waals surface area contributed by atoms with E-state index in [1.807, 2.05) is 0 Å². The van der Waals surface area contributed by atoms with Gasteiger partial charge in [-0.25, -0.2) is 28.0 Å². The van der Waals surface area contributed by atoms with E-state index in [9.17, 15) is 80.6 Å². The summed E-state index contributed by atoms with van der Waals surface area (Å²) in [6, 6.07) is 4.50. The fraction of sp³-hybridized carbons (Fsp3) is 0.190. The summed E-state index contributed by atoms with van der Waals surface area (Å²) < 4.78 is 213. The van der Waals surface area contributed by atoms with Crippen LogP contribution >= 0.6 is 0 Å². The average Bonchev–Trinajstić information content (AvgIpc) is 3.15. The largest absolute Gasteiger partial charge is 0.423 e. The molecule has 0 saturated heterocycles. The Morgan fingerprint density at radius 3 is 1.23 bits per heavy atom. The zero-order valence-corrected chi connectivity index (χ0v) is 32.4. The second-order valence-corrected chi connectivity index (χ2v) is 13.3. The number of aryl methyl sites for hydroxylation is 1. The number of carbonyl (C=O) groups excluding carboxylic acids is 4. The minimum absolute atomic E-state index is 0.0778. The van der Waals surface area contributed by atoms with E-state index in [1.165, 1.54) is 6.07 Å². The number of rotatable bonds is 12. The molecule has 0 saturated carbocycles. The van der Waals surface area contributed by atoms with Crippen LogP contribution in [0.15, 0.2) is 97.1 Å². The van der Waals surface area contributed by atoms with Crippen LogP contribution in [0.3, 0.4) is 0 Å². The molecule has 4 aromatic rings. The predicted molar refractivity (Wildman–Crippen MR) is 197 cm³/mol. The van der Waals surface area contributed by atoms with E-state index in [2.05, 4.69) is 26.3 Å². The molecule has 0 aromatic heterocycles. The number of alkyl halides is 12. The average molecular weight is 925 g/mol. The van der Waals surface area contributed by atoms with Crippen LogP contribution in [0.5, 0.6) is 23.0 Å². The molecule has 0 aliphatic carbocycles. The van der Waals surface area contributed by atoms with Crippen LogP contribution in [-0.4, -0.2) is 42.4 Å². The number of esters is 4. The molecule has 0 N–H and O–H groups in total. The molecular formula is C42H26F14O8. The first kappa shape index (κ1) is 49.7. The van der Waals surface area contributed by atoms with Gasteiger partial charge in [-0.1, -0.05) is 39.7 Å². The smallest absolute Gasteiger partial charge is 0.422 e. The van der Waals surface area contributed by atoms with Crippen molar-refractivity contribution in [1.29, 1.82) is 0 Å². The Bertz CT molecular complexity index is 2630. The van der Waals surface area contributed by atoms with Gasteiger partial charge in [-0.3, -0.25) is 0 Å². The number of ether oxygens (including phenoxy) is 4. The maximum atomic E-state index is 14.9. The number of hydrogen-bond acceptors (Lipinski definition) is 8. The molecule has 22 heteroatoms. The van der Waals surface area contributed by atoms with Crippen LogP contribution in [0.1, 0.15) is 31.4 Å². The van der Waals surface area contributed by atoms with E-state index in [4.69, 9.17) is 18.9 Å². The quantitative estimate of drug-likeness (QED) is 0.0599. The minimum Gasteiger partial charge on any atom is -0.423 e. The van der Waals surface area contributed by atoms with Gasteiger partial charge < -0.3 is 18.9 Å². The number of carbonyl (C=O) groups is 4. The van der Waals surface area contributed by atoms with Gasteiger partial charge in [-0.2, -0.15) is 52.7 Å². The van der Waals surface area contributed by atoms with Crippen molar-refractivity contribution >= 4 is 34.6 Å². The van der Waals surface area contributed by atoms with Crippen LogP contribution in [0.25, 0.3) is 33.0 Å². The van der Waals surface area contributed by atoms with Gasteiger partial charge in [0.1, 0.15) is 56.9 Å². The van der Waals surface area contributed by atoms with Gasteiger partial charge >= 0.3 is 48.6 Å². The predicted octanol–water partition coefficient (Wildman–Crippen LogP) is 12.0. The van der Waals surface area contributed by atoms with E-state index in [-0.39, 0.29) is 35.1 Å². The molecule has 4 aromatic carbocycles. The lowest BCUT2D eigenvalue weighted by atomic mass is 9.94. The zero-order valence-electron chi connectivity index (χ0n) is 32.4. The molecule has 8 nitrogen and oxygen atoms in total. The van der Waals surface area contributed by atoms with Gasteiger partial charge in [0.05, 0.1) is 0 Å². The lowest BCUT2D eigenvalue weighted by Gasteiger charge is -2.20. The van der Waals surface area contributed by atoms with Crippen molar-refractivity contribution in [2.45, 2.75) is 51.4 Å².